The van der Waals surface area contributed by atoms with E-state index in [9.17, 15) is 0 Å². The molecule has 0 radical (unpaired) electrons. The van der Waals surface area contributed by atoms with E-state index in [4.69, 9.17) is 15.2 Å². The zero-order valence-electron chi connectivity index (χ0n) is 12.8. The van der Waals surface area contributed by atoms with Gasteiger partial charge in [0.05, 0.1) is 5.54 Å². The van der Waals surface area contributed by atoms with Crippen molar-refractivity contribution in [1.82, 2.24) is 4.90 Å². The minimum absolute atomic E-state index is 0.219. The summed E-state index contributed by atoms with van der Waals surface area (Å²) in [6.07, 6.45) is 8.07. The first-order valence-electron chi connectivity index (χ1n) is 7.61. The Morgan fingerprint density at radius 2 is 1.63 bits per heavy atom. The summed E-state index contributed by atoms with van der Waals surface area (Å²) >= 11 is 0. The Morgan fingerprint density at radius 3 is 2.05 bits per heavy atom. The Balaban J connectivity index is 2.01. The Labute approximate surface area is 117 Å². The number of hydrogen-bond donors (Lipinski definition) is 1. The maximum atomic E-state index is 6.03. The number of likely N-dealkylation sites (tertiary alicyclic amines) is 1. The van der Waals surface area contributed by atoms with Gasteiger partial charge in [0.2, 0.25) is 0 Å². The second-order valence-electron chi connectivity index (χ2n) is 6.56. The van der Waals surface area contributed by atoms with E-state index in [1.54, 1.807) is 14.2 Å². The quantitative estimate of drug-likeness (QED) is 0.776. The van der Waals surface area contributed by atoms with Crippen molar-refractivity contribution in [3.63, 3.8) is 0 Å². The monoisotopic (exact) mass is 270 g/mol. The van der Waals surface area contributed by atoms with Gasteiger partial charge in [-0.3, -0.25) is 4.90 Å². The average molecular weight is 270 g/mol. The fourth-order valence-electron chi connectivity index (χ4n) is 4.10. The van der Waals surface area contributed by atoms with E-state index in [0.29, 0.717) is 12.0 Å². The van der Waals surface area contributed by atoms with Gasteiger partial charge in [-0.15, -0.1) is 0 Å². The lowest BCUT2D eigenvalue weighted by atomic mass is 9.76. The largest absolute Gasteiger partial charge is 0.354 e. The van der Waals surface area contributed by atoms with Crippen LogP contribution >= 0.6 is 0 Å². The number of nitrogens with two attached hydrogens (primary N) is 1. The second kappa shape index (κ2) is 6.08. The fourth-order valence-corrected chi connectivity index (χ4v) is 4.10. The Hall–Kier alpha value is -0.160. The molecule has 1 heterocycles. The zero-order valence-corrected chi connectivity index (χ0v) is 12.8. The van der Waals surface area contributed by atoms with Gasteiger partial charge in [-0.25, -0.2) is 0 Å². The van der Waals surface area contributed by atoms with Crippen molar-refractivity contribution < 1.29 is 9.47 Å². The van der Waals surface area contributed by atoms with E-state index in [-0.39, 0.29) is 11.8 Å². The van der Waals surface area contributed by atoms with Crippen molar-refractivity contribution in [3.8, 4) is 0 Å². The molecule has 112 valence electrons. The highest BCUT2D eigenvalue weighted by Crippen LogP contribution is 2.47. The average Bonchev–Trinajstić information content (AvgIpc) is 2.89. The minimum Gasteiger partial charge on any atom is -0.354 e. The van der Waals surface area contributed by atoms with Crippen LogP contribution in [-0.2, 0) is 9.47 Å². The lowest BCUT2D eigenvalue weighted by Gasteiger charge is -2.49. The van der Waals surface area contributed by atoms with Gasteiger partial charge in [-0.2, -0.15) is 0 Å². The molecule has 1 spiro atoms. The van der Waals surface area contributed by atoms with Crippen molar-refractivity contribution in [2.75, 3.05) is 33.9 Å². The zero-order chi connectivity index (χ0) is 13.9. The fraction of sp³-hybridized carbons (Fsp3) is 1.00. The number of rotatable bonds is 5. The van der Waals surface area contributed by atoms with Gasteiger partial charge in [-0.05, 0) is 51.1 Å². The molecule has 1 saturated heterocycles. The van der Waals surface area contributed by atoms with Crippen LogP contribution in [-0.4, -0.2) is 50.6 Å². The second-order valence-corrected chi connectivity index (χ2v) is 6.56. The normalized spacial score (nSPS) is 27.0. The smallest absolute Gasteiger partial charge is 0.176 e. The van der Waals surface area contributed by atoms with E-state index in [0.717, 1.165) is 13.1 Å². The van der Waals surface area contributed by atoms with Crippen LogP contribution in [0.4, 0.5) is 0 Å². The molecular formula is C15H30N2O2. The van der Waals surface area contributed by atoms with Gasteiger partial charge < -0.3 is 15.2 Å². The third-order valence-electron chi connectivity index (χ3n) is 5.56. The maximum absolute atomic E-state index is 6.03. The van der Waals surface area contributed by atoms with Gasteiger partial charge >= 0.3 is 0 Å². The third kappa shape index (κ3) is 2.82. The van der Waals surface area contributed by atoms with Gasteiger partial charge in [0.25, 0.3) is 0 Å². The number of piperidine rings is 1. The highest BCUT2D eigenvalue weighted by atomic mass is 16.7. The first-order valence-corrected chi connectivity index (χ1v) is 7.61. The topological polar surface area (TPSA) is 47.7 Å². The standard InChI is InChI=1S/C15H30N2O2/c1-14(12-16,13(18-2)19-3)17-10-8-15(9-11-17)6-4-5-7-15/h13H,4-12,16H2,1-3H3. The number of methoxy groups -OCH3 is 2. The summed E-state index contributed by atoms with van der Waals surface area (Å²) in [6.45, 7) is 4.97. The Morgan fingerprint density at radius 1 is 1.11 bits per heavy atom. The van der Waals surface area contributed by atoms with Crippen molar-refractivity contribution in [2.45, 2.75) is 57.3 Å². The van der Waals surface area contributed by atoms with Crippen LogP contribution in [0.5, 0.6) is 0 Å². The summed E-state index contributed by atoms with van der Waals surface area (Å²) in [6, 6.07) is 0. The molecule has 0 amide bonds. The molecule has 2 fully saturated rings. The highest BCUT2D eigenvalue weighted by molar-refractivity contribution is 4.97. The maximum Gasteiger partial charge on any atom is 0.176 e. The lowest BCUT2D eigenvalue weighted by Crippen LogP contribution is -2.62. The summed E-state index contributed by atoms with van der Waals surface area (Å²) in [4.78, 5) is 2.48. The number of nitrogens with zero attached hydrogens (tertiary/aromatic N) is 1. The first kappa shape index (κ1) is 15.2. The summed E-state index contributed by atoms with van der Waals surface area (Å²) in [5.74, 6) is 0. The summed E-state index contributed by atoms with van der Waals surface area (Å²) in [7, 11) is 3.40. The predicted octanol–water partition coefficient (Wildman–Crippen LogP) is 1.98. The molecule has 2 rings (SSSR count). The molecule has 0 aromatic rings. The van der Waals surface area contributed by atoms with Crippen LogP contribution in [0.25, 0.3) is 0 Å². The van der Waals surface area contributed by atoms with E-state index < -0.39 is 0 Å². The van der Waals surface area contributed by atoms with Gasteiger partial charge in [-0.1, -0.05) is 12.8 Å². The molecule has 1 saturated carbocycles. The molecular weight excluding hydrogens is 240 g/mol. The molecule has 0 aromatic heterocycles. The van der Waals surface area contributed by atoms with E-state index in [2.05, 4.69) is 11.8 Å². The van der Waals surface area contributed by atoms with E-state index in [1.807, 2.05) is 0 Å². The van der Waals surface area contributed by atoms with Crippen LogP contribution < -0.4 is 5.73 Å². The number of hydrogen-bond acceptors (Lipinski definition) is 4. The molecule has 4 nitrogen and oxygen atoms in total. The molecule has 19 heavy (non-hydrogen) atoms. The van der Waals surface area contributed by atoms with Crippen LogP contribution in [0.2, 0.25) is 0 Å². The van der Waals surface area contributed by atoms with E-state index in [1.165, 1.54) is 38.5 Å². The van der Waals surface area contributed by atoms with Crippen molar-refractivity contribution in [1.29, 1.82) is 0 Å². The van der Waals surface area contributed by atoms with Crippen LogP contribution in [0.3, 0.4) is 0 Å². The van der Waals surface area contributed by atoms with Crippen molar-refractivity contribution in [2.24, 2.45) is 11.1 Å². The van der Waals surface area contributed by atoms with Crippen LogP contribution in [0, 0.1) is 5.41 Å². The van der Waals surface area contributed by atoms with Crippen molar-refractivity contribution >= 4 is 0 Å². The first-order chi connectivity index (χ1) is 9.10. The Kier molecular flexibility index (Phi) is 4.88. The molecule has 1 atom stereocenters. The molecule has 2 aliphatic rings. The summed E-state index contributed by atoms with van der Waals surface area (Å²) in [5, 5.41) is 0. The lowest BCUT2D eigenvalue weighted by molar-refractivity contribution is -0.187. The summed E-state index contributed by atoms with van der Waals surface area (Å²) < 4.78 is 11.0. The Bertz CT molecular complexity index is 278. The van der Waals surface area contributed by atoms with Crippen molar-refractivity contribution in [3.05, 3.63) is 0 Å². The van der Waals surface area contributed by atoms with Crippen LogP contribution in [0.15, 0.2) is 0 Å². The summed E-state index contributed by atoms with van der Waals surface area (Å²) in [5.41, 5.74) is 6.46. The molecule has 1 unspecified atom stereocenters. The number of ether oxygens (including phenoxy) is 2. The molecule has 0 aromatic carbocycles. The third-order valence-corrected chi connectivity index (χ3v) is 5.56. The molecule has 2 N–H and O–H groups in total. The molecule has 4 heteroatoms. The van der Waals surface area contributed by atoms with E-state index >= 15 is 0 Å². The molecule has 0 bridgehead atoms. The minimum atomic E-state index is -0.255. The SMILES string of the molecule is COC(OC)C(C)(CN)N1CCC2(CCCC2)CC1. The molecule has 1 aliphatic carbocycles. The van der Waals surface area contributed by atoms with Gasteiger partial charge in [0.15, 0.2) is 6.29 Å². The van der Waals surface area contributed by atoms with Crippen LogP contribution in [0.1, 0.15) is 45.4 Å². The molecule has 1 aliphatic heterocycles. The predicted molar refractivity (Wildman–Crippen MR) is 77.0 cm³/mol. The van der Waals surface area contributed by atoms with Gasteiger partial charge in [0.1, 0.15) is 0 Å². The van der Waals surface area contributed by atoms with Gasteiger partial charge in [0, 0.05) is 20.8 Å². The highest BCUT2D eigenvalue weighted by Gasteiger charge is 2.45.